The monoisotopic (exact) mass is 184 g/mol. The molecule has 0 amide bonds. The lowest BCUT2D eigenvalue weighted by Gasteiger charge is -2.18. The topological polar surface area (TPSA) is 26.3 Å². The van der Waals surface area contributed by atoms with Gasteiger partial charge >= 0.3 is 5.97 Å². The summed E-state index contributed by atoms with van der Waals surface area (Å²) in [4.78, 5) is 11.4. The normalized spacial score (nSPS) is 10.9. The van der Waals surface area contributed by atoms with Gasteiger partial charge in [0.2, 0.25) is 0 Å². The zero-order chi connectivity index (χ0) is 10.6. The number of esters is 1. The van der Waals surface area contributed by atoms with Gasteiger partial charge in [0.25, 0.3) is 0 Å². The lowest BCUT2D eigenvalue weighted by Crippen LogP contribution is -2.19. The molecule has 2 heteroatoms. The van der Waals surface area contributed by atoms with Crippen molar-refractivity contribution in [3.8, 4) is 0 Å². The molecule has 0 N–H and O–H groups in total. The summed E-state index contributed by atoms with van der Waals surface area (Å²) in [5, 5.41) is 0. The summed E-state index contributed by atoms with van der Waals surface area (Å²) >= 11 is 0. The van der Waals surface area contributed by atoms with Crippen molar-refractivity contribution < 1.29 is 9.53 Å². The Morgan fingerprint density at radius 2 is 1.62 bits per heavy atom. The lowest BCUT2D eigenvalue weighted by atomic mass is 9.99. The van der Waals surface area contributed by atoms with Gasteiger partial charge in [0, 0.05) is 5.57 Å². The van der Waals surface area contributed by atoms with Crippen LogP contribution in [-0.2, 0) is 9.53 Å². The average Bonchev–Trinajstić information content (AvgIpc) is 1.97. The largest absolute Gasteiger partial charge is 0.462 e. The molecule has 0 spiro atoms. The van der Waals surface area contributed by atoms with E-state index in [2.05, 4.69) is 0 Å². The van der Waals surface area contributed by atoms with Gasteiger partial charge in [-0.3, -0.25) is 0 Å². The van der Waals surface area contributed by atoms with E-state index in [0.29, 0.717) is 12.2 Å². The molecule has 0 bridgehead atoms. The Morgan fingerprint density at radius 3 is 1.92 bits per heavy atom. The number of ether oxygens (including phenoxy) is 1. The Hall–Kier alpha value is -0.790. The number of carbonyl (C=O) groups is 1. The molecule has 0 aliphatic heterocycles. The maximum absolute atomic E-state index is 11.4. The van der Waals surface area contributed by atoms with Gasteiger partial charge in [-0.05, 0) is 26.2 Å². The van der Waals surface area contributed by atoms with Gasteiger partial charge in [-0.15, -0.1) is 0 Å². The summed E-state index contributed by atoms with van der Waals surface area (Å²) in [6.07, 6.45) is 0. The van der Waals surface area contributed by atoms with Gasteiger partial charge in [0.1, 0.15) is 0 Å². The fourth-order valence-corrected chi connectivity index (χ4v) is 0.594. The van der Waals surface area contributed by atoms with E-state index in [-0.39, 0.29) is 11.4 Å². The first-order valence-corrected chi connectivity index (χ1v) is 4.55. The molecular weight excluding hydrogens is 164 g/mol. The predicted octanol–water partition coefficient (Wildman–Crippen LogP) is 2.93. The lowest BCUT2D eigenvalue weighted by molar-refractivity contribution is -0.141. The van der Waals surface area contributed by atoms with E-state index < -0.39 is 0 Å². The number of allylic oxidation sites excluding steroid dienone is 1. The molecule has 0 rings (SSSR count). The molecular formula is C11H20O2. The summed E-state index contributed by atoms with van der Waals surface area (Å²) in [5.41, 5.74) is 1.76. The van der Waals surface area contributed by atoms with Gasteiger partial charge in [0.15, 0.2) is 0 Å². The van der Waals surface area contributed by atoms with Gasteiger partial charge in [0.05, 0.1) is 6.61 Å². The Balaban J connectivity index is 4.12. The fraction of sp³-hybridized carbons (Fsp3) is 0.727. The maximum Gasteiger partial charge on any atom is 0.333 e. The highest BCUT2D eigenvalue weighted by Gasteiger charge is 2.14. The van der Waals surface area contributed by atoms with Crippen LogP contribution in [0.15, 0.2) is 11.1 Å². The maximum atomic E-state index is 11.4. The van der Waals surface area contributed by atoms with Crippen LogP contribution in [0.2, 0.25) is 0 Å². The molecule has 0 aliphatic carbocycles. The van der Waals surface area contributed by atoms with E-state index in [9.17, 15) is 4.79 Å². The molecule has 0 fully saturated rings. The van der Waals surface area contributed by atoms with E-state index >= 15 is 0 Å². The van der Waals surface area contributed by atoms with Crippen LogP contribution >= 0.6 is 0 Å². The quantitative estimate of drug-likeness (QED) is 0.487. The van der Waals surface area contributed by atoms with Crippen molar-refractivity contribution in [2.24, 2.45) is 5.41 Å². The predicted molar refractivity (Wildman–Crippen MR) is 54.5 cm³/mol. The third kappa shape index (κ3) is 5.45. The molecule has 0 radical (unpaired) electrons. The first-order valence-electron chi connectivity index (χ1n) is 4.55. The average molecular weight is 184 g/mol. The second-order valence-corrected chi connectivity index (χ2v) is 4.76. The first-order chi connectivity index (χ1) is 5.74. The van der Waals surface area contributed by atoms with Gasteiger partial charge in [-0.25, -0.2) is 4.79 Å². The summed E-state index contributed by atoms with van der Waals surface area (Å²) in [5.74, 6) is -0.199. The minimum atomic E-state index is -0.199. The number of rotatable bonds is 2. The van der Waals surface area contributed by atoms with Crippen LogP contribution in [0.5, 0.6) is 0 Å². The molecule has 0 aliphatic rings. The highest BCUT2D eigenvalue weighted by atomic mass is 16.5. The Bertz CT molecular complexity index is 215. The van der Waals surface area contributed by atoms with Crippen molar-refractivity contribution in [2.75, 3.05) is 6.61 Å². The number of hydrogen-bond donors (Lipinski definition) is 0. The third-order valence-corrected chi connectivity index (χ3v) is 1.69. The minimum Gasteiger partial charge on any atom is -0.462 e. The smallest absolute Gasteiger partial charge is 0.333 e. The van der Waals surface area contributed by atoms with E-state index in [1.54, 1.807) is 6.92 Å². The van der Waals surface area contributed by atoms with Crippen molar-refractivity contribution in [2.45, 2.75) is 41.5 Å². The van der Waals surface area contributed by atoms with Crippen molar-refractivity contribution in [3.05, 3.63) is 11.1 Å². The number of hydrogen-bond acceptors (Lipinski definition) is 2. The fourth-order valence-electron chi connectivity index (χ4n) is 0.594. The van der Waals surface area contributed by atoms with E-state index in [0.717, 1.165) is 5.57 Å². The van der Waals surface area contributed by atoms with Crippen LogP contribution in [0.4, 0.5) is 0 Å². The van der Waals surface area contributed by atoms with E-state index in [1.807, 2.05) is 34.6 Å². The summed E-state index contributed by atoms with van der Waals surface area (Å²) < 4.78 is 5.13. The molecule has 0 heterocycles. The minimum absolute atomic E-state index is 0.0393. The SMILES string of the molecule is CC(C)=C(C)C(=O)OCC(C)(C)C. The Kier molecular flexibility index (Phi) is 4.18. The second-order valence-electron chi connectivity index (χ2n) is 4.76. The summed E-state index contributed by atoms with van der Waals surface area (Å²) in [7, 11) is 0. The van der Waals surface area contributed by atoms with Crippen molar-refractivity contribution in [1.29, 1.82) is 0 Å². The molecule has 0 aromatic rings. The van der Waals surface area contributed by atoms with E-state index in [4.69, 9.17) is 4.74 Å². The van der Waals surface area contributed by atoms with Gasteiger partial charge in [-0.1, -0.05) is 26.3 Å². The van der Waals surface area contributed by atoms with Crippen LogP contribution in [0.1, 0.15) is 41.5 Å². The molecule has 76 valence electrons. The van der Waals surface area contributed by atoms with Crippen LogP contribution in [-0.4, -0.2) is 12.6 Å². The molecule has 0 saturated heterocycles. The molecule has 2 nitrogen and oxygen atoms in total. The number of carbonyl (C=O) groups excluding carboxylic acids is 1. The molecule has 0 unspecified atom stereocenters. The standard InChI is InChI=1S/C11H20O2/c1-8(2)9(3)10(12)13-7-11(4,5)6/h7H2,1-6H3. The summed E-state index contributed by atoms with van der Waals surface area (Å²) in [6, 6.07) is 0. The highest BCUT2D eigenvalue weighted by Crippen LogP contribution is 2.14. The molecule has 0 saturated carbocycles. The molecule has 0 aromatic heterocycles. The van der Waals surface area contributed by atoms with Crippen molar-refractivity contribution in [3.63, 3.8) is 0 Å². The first kappa shape index (κ1) is 12.2. The zero-order valence-corrected chi connectivity index (χ0v) is 9.52. The molecule has 0 aromatic carbocycles. The summed E-state index contributed by atoms with van der Waals surface area (Å²) in [6.45, 7) is 12.2. The van der Waals surface area contributed by atoms with Crippen LogP contribution in [0, 0.1) is 5.41 Å². The molecule has 0 atom stereocenters. The van der Waals surface area contributed by atoms with Gasteiger partial charge in [-0.2, -0.15) is 0 Å². The Labute approximate surface area is 81.0 Å². The van der Waals surface area contributed by atoms with E-state index in [1.165, 1.54) is 0 Å². The van der Waals surface area contributed by atoms with Crippen LogP contribution < -0.4 is 0 Å². The second kappa shape index (κ2) is 4.45. The third-order valence-electron chi connectivity index (χ3n) is 1.69. The molecule has 13 heavy (non-hydrogen) atoms. The zero-order valence-electron chi connectivity index (χ0n) is 9.52. The van der Waals surface area contributed by atoms with Crippen molar-refractivity contribution >= 4 is 5.97 Å². The van der Waals surface area contributed by atoms with Crippen LogP contribution in [0.3, 0.4) is 0 Å². The van der Waals surface area contributed by atoms with Crippen molar-refractivity contribution in [1.82, 2.24) is 0 Å². The highest BCUT2D eigenvalue weighted by molar-refractivity contribution is 5.88. The Morgan fingerprint density at radius 1 is 1.15 bits per heavy atom. The van der Waals surface area contributed by atoms with Crippen LogP contribution in [0.25, 0.3) is 0 Å². The van der Waals surface area contributed by atoms with Gasteiger partial charge < -0.3 is 4.74 Å².